The molecule has 1 aliphatic heterocycles. The lowest BCUT2D eigenvalue weighted by molar-refractivity contribution is -0.156. The molecule has 1 heterocycles. The van der Waals surface area contributed by atoms with Crippen LogP contribution in [0.3, 0.4) is 0 Å². The number of carbonyl (C=O) groups is 2. The maximum Gasteiger partial charge on any atom is 0.312 e. The van der Waals surface area contributed by atoms with Gasteiger partial charge in [-0.3, -0.25) is 9.59 Å². The third kappa shape index (κ3) is 3.24. The van der Waals surface area contributed by atoms with E-state index in [1.165, 1.54) is 28.4 Å². The minimum Gasteiger partial charge on any atom is -0.493 e. The zero-order valence-corrected chi connectivity index (χ0v) is 13.5. The molecule has 0 bridgehead atoms. The Labute approximate surface area is 134 Å². The van der Waals surface area contributed by atoms with Crippen molar-refractivity contribution in [2.24, 2.45) is 11.8 Å². The van der Waals surface area contributed by atoms with Gasteiger partial charge in [0, 0.05) is 0 Å². The maximum absolute atomic E-state index is 12.1. The number of esters is 2. The fourth-order valence-electron chi connectivity index (χ4n) is 2.75. The Morgan fingerprint density at radius 3 is 2.22 bits per heavy atom. The van der Waals surface area contributed by atoms with Gasteiger partial charge in [-0.25, -0.2) is 0 Å². The lowest BCUT2D eigenvalue weighted by Gasteiger charge is -2.20. The van der Waals surface area contributed by atoms with Crippen LogP contribution in [-0.2, 0) is 23.8 Å². The van der Waals surface area contributed by atoms with Crippen molar-refractivity contribution in [3.05, 3.63) is 23.8 Å². The lowest BCUT2D eigenvalue weighted by Crippen LogP contribution is -2.31. The van der Waals surface area contributed by atoms with E-state index in [0.717, 1.165) is 0 Å². The highest BCUT2D eigenvalue weighted by atomic mass is 16.5. The topological polar surface area (TPSA) is 80.3 Å². The van der Waals surface area contributed by atoms with Gasteiger partial charge in [-0.15, -0.1) is 0 Å². The van der Waals surface area contributed by atoms with E-state index in [0.29, 0.717) is 17.1 Å². The molecule has 0 radical (unpaired) electrons. The zero-order valence-electron chi connectivity index (χ0n) is 13.5. The predicted molar refractivity (Wildman–Crippen MR) is 79.3 cm³/mol. The number of hydrogen-bond donors (Lipinski definition) is 0. The normalized spacial score (nSPS) is 23.2. The molecule has 2 rings (SSSR count). The van der Waals surface area contributed by atoms with Gasteiger partial charge in [0.05, 0.1) is 47.1 Å². The summed E-state index contributed by atoms with van der Waals surface area (Å²) in [4.78, 5) is 24.0. The van der Waals surface area contributed by atoms with E-state index in [4.69, 9.17) is 23.7 Å². The molecule has 1 aromatic carbocycles. The van der Waals surface area contributed by atoms with Gasteiger partial charge >= 0.3 is 11.9 Å². The number of carbonyl (C=O) groups excluding carboxylic acids is 2. The molecular formula is C16H20O7. The molecule has 0 saturated carbocycles. The Hall–Kier alpha value is -2.28. The average Bonchev–Trinajstić information content (AvgIpc) is 3.04. The Bertz CT molecular complexity index is 584. The Morgan fingerprint density at radius 2 is 1.65 bits per heavy atom. The molecule has 1 aromatic rings. The summed E-state index contributed by atoms with van der Waals surface area (Å²) in [5, 5.41) is 0. The molecular weight excluding hydrogens is 304 g/mol. The average molecular weight is 324 g/mol. The molecule has 7 nitrogen and oxygen atoms in total. The first-order chi connectivity index (χ1) is 11.1. The highest BCUT2D eigenvalue weighted by Crippen LogP contribution is 2.42. The van der Waals surface area contributed by atoms with Gasteiger partial charge in [0.1, 0.15) is 5.92 Å². The van der Waals surface area contributed by atoms with Gasteiger partial charge in [0.2, 0.25) is 0 Å². The van der Waals surface area contributed by atoms with Crippen molar-refractivity contribution in [3.8, 4) is 11.5 Å². The van der Waals surface area contributed by atoms with Gasteiger partial charge in [-0.2, -0.15) is 0 Å². The van der Waals surface area contributed by atoms with Gasteiger partial charge < -0.3 is 23.7 Å². The fraction of sp³-hybridized carbons (Fsp3) is 0.500. The van der Waals surface area contributed by atoms with E-state index in [1.54, 1.807) is 18.2 Å². The Kier molecular flexibility index (Phi) is 5.44. The summed E-state index contributed by atoms with van der Waals surface area (Å²) in [5.41, 5.74) is 0.699. The second-order valence-electron chi connectivity index (χ2n) is 5.05. The highest BCUT2D eigenvalue weighted by Gasteiger charge is 2.48. The van der Waals surface area contributed by atoms with Crippen LogP contribution in [0.5, 0.6) is 11.5 Å². The highest BCUT2D eigenvalue weighted by molar-refractivity contribution is 5.83. The molecule has 1 fully saturated rings. The van der Waals surface area contributed by atoms with E-state index in [9.17, 15) is 9.59 Å². The summed E-state index contributed by atoms with van der Waals surface area (Å²) < 4.78 is 25.7. The van der Waals surface area contributed by atoms with Crippen molar-refractivity contribution in [1.29, 1.82) is 0 Å². The number of rotatable bonds is 5. The predicted octanol–water partition coefficient (Wildman–Crippen LogP) is 1.35. The van der Waals surface area contributed by atoms with Crippen LogP contribution in [0.25, 0.3) is 0 Å². The molecule has 0 spiro atoms. The Balaban J connectivity index is 2.37. The quantitative estimate of drug-likeness (QED) is 0.756. The zero-order chi connectivity index (χ0) is 17.0. The fourth-order valence-corrected chi connectivity index (χ4v) is 2.75. The Morgan fingerprint density at radius 1 is 1.00 bits per heavy atom. The number of hydrogen-bond acceptors (Lipinski definition) is 7. The third-order valence-corrected chi connectivity index (χ3v) is 3.93. The van der Waals surface area contributed by atoms with Gasteiger partial charge in [-0.05, 0) is 17.7 Å². The van der Waals surface area contributed by atoms with Crippen LogP contribution in [0, 0.1) is 11.8 Å². The second-order valence-corrected chi connectivity index (χ2v) is 5.05. The first-order valence-corrected chi connectivity index (χ1v) is 7.06. The van der Waals surface area contributed by atoms with Crippen molar-refractivity contribution in [2.45, 2.75) is 6.10 Å². The summed E-state index contributed by atoms with van der Waals surface area (Å²) in [6.07, 6.45) is -0.619. The molecule has 1 saturated heterocycles. The number of methoxy groups -OCH3 is 4. The van der Waals surface area contributed by atoms with Gasteiger partial charge in [0.25, 0.3) is 0 Å². The van der Waals surface area contributed by atoms with Crippen LogP contribution in [0.4, 0.5) is 0 Å². The molecule has 0 amide bonds. The van der Waals surface area contributed by atoms with Crippen LogP contribution in [-0.4, -0.2) is 47.0 Å². The second kappa shape index (κ2) is 7.32. The van der Waals surface area contributed by atoms with Crippen LogP contribution in [0.2, 0.25) is 0 Å². The molecule has 7 heteroatoms. The van der Waals surface area contributed by atoms with E-state index < -0.39 is 29.9 Å². The first kappa shape index (κ1) is 17.1. The lowest BCUT2D eigenvalue weighted by atomic mass is 9.87. The van der Waals surface area contributed by atoms with Crippen molar-refractivity contribution in [2.75, 3.05) is 35.0 Å². The van der Waals surface area contributed by atoms with Crippen LogP contribution in [0.1, 0.15) is 11.7 Å². The maximum atomic E-state index is 12.1. The van der Waals surface area contributed by atoms with Crippen molar-refractivity contribution < 1.29 is 33.3 Å². The largest absolute Gasteiger partial charge is 0.493 e. The van der Waals surface area contributed by atoms with Gasteiger partial charge in [0.15, 0.2) is 11.5 Å². The summed E-state index contributed by atoms with van der Waals surface area (Å²) in [7, 11) is 5.61. The minimum absolute atomic E-state index is 0.0887. The van der Waals surface area contributed by atoms with Crippen molar-refractivity contribution >= 4 is 11.9 Å². The van der Waals surface area contributed by atoms with E-state index in [-0.39, 0.29) is 6.61 Å². The summed E-state index contributed by atoms with van der Waals surface area (Å²) in [6.45, 7) is 0.0887. The molecule has 1 aliphatic rings. The van der Waals surface area contributed by atoms with Crippen LogP contribution < -0.4 is 9.47 Å². The SMILES string of the molecule is COC(=O)[C@H]1[C@H](C(=O)OC)CO[C@H]1c1ccc(OC)c(OC)c1. The number of ether oxygens (including phenoxy) is 5. The smallest absolute Gasteiger partial charge is 0.312 e. The van der Waals surface area contributed by atoms with E-state index >= 15 is 0 Å². The standard InChI is InChI=1S/C16H20O7/c1-19-11-6-5-9(7-12(11)20-2)14-13(16(18)22-4)10(8-23-14)15(17)21-3/h5-7,10,13-14H,8H2,1-4H3/t10-,13+,14+/m1/s1. The minimum atomic E-state index is -0.773. The van der Waals surface area contributed by atoms with Crippen molar-refractivity contribution in [1.82, 2.24) is 0 Å². The van der Waals surface area contributed by atoms with E-state index in [2.05, 4.69) is 0 Å². The molecule has 126 valence electrons. The third-order valence-electron chi connectivity index (χ3n) is 3.93. The van der Waals surface area contributed by atoms with Crippen LogP contribution >= 0.6 is 0 Å². The summed E-state index contributed by atoms with van der Waals surface area (Å²) in [6, 6.07) is 5.21. The monoisotopic (exact) mass is 324 g/mol. The molecule has 0 N–H and O–H groups in total. The summed E-state index contributed by atoms with van der Waals surface area (Å²) >= 11 is 0. The molecule has 0 aliphatic carbocycles. The molecule has 0 unspecified atom stereocenters. The van der Waals surface area contributed by atoms with Gasteiger partial charge in [-0.1, -0.05) is 6.07 Å². The molecule has 0 aromatic heterocycles. The van der Waals surface area contributed by atoms with Crippen LogP contribution in [0.15, 0.2) is 18.2 Å². The first-order valence-electron chi connectivity index (χ1n) is 7.06. The molecule has 23 heavy (non-hydrogen) atoms. The number of benzene rings is 1. The molecule has 3 atom stereocenters. The summed E-state index contributed by atoms with van der Waals surface area (Å²) in [5.74, 6) is -1.41. The van der Waals surface area contributed by atoms with Crippen molar-refractivity contribution in [3.63, 3.8) is 0 Å². The van der Waals surface area contributed by atoms with E-state index in [1.807, 2.05) is 0 Å².